The molecule has 6 nitrogen and oxygen atoms in total. The minimum absolute atomic E-state index is 0.0133. The predicted octanol–water partition coefficient (Wildman–Crippen LogP) is 7.19. The van der Waals surface area contributed by atoms with Gasteiger partial charge < -0.3 is 15.8 Å². The van der Waals surface area contributed by atoms with Crippen molar-refractivity contribution < 1.29 is 19.1 Å². The van der Waals surface area contributed by atoms with Crippen molar-refractivity contribution in [3.05, 3.63) is 58.1 Å². The number of hydrogen-bond donors (Lipinski definition) is 2. The number of anilines is 2. The van der Waals surface area contributed by atoms with Crippen LogP contribution in [0.15, 0.2) is 30.3 Å². The van der Waals surface area contributed by atoms with E-state index >= 15 is 0 Å². The third-order valence-corrected chi connectivity index (χ3v) is 7.31. The summed E-state index contributed by atoms with van der Waals surface area (Å²) in [7, 11) is 0. The third kappa shape index (κ3) is 6.79. The van der Waals surface area contributed by atoms with Gasteiger partial charge in [-0.2, -0.15) is 0 Å². The average molecular weight is 507 g/mol. The van der Waals surface area contributed by atoms with Gasteiger partial charge in [0.15, 0.2) is 11.6 Å². The molecule has 0 aromatic heterocycles. The summed E-state index contributed by atoms with van der Waals surface area (Å²) in [6.07, 6.45) is 10.8. The number of ether oxygens (including phenoxy) is 1. The molecule has 6 heteroatoms. The Kier molecular flexibility index (Phi) is 10.7. The van der Waals surface area contributed by atoms with Crippen LogP contribution < -0.4 is 11.1 Å². The van der Waals surface area contributed by atoms with Crippen LogP contribution in [-0.4, -0.2) is 30.7 Å². The van der Waals surface area contributed by atoms with E-state index in [1.807, 2.05) is 0 Å². The molecular weight excluding hydrogens is 464 g/mol. The first-order valence-electron chi connectivity index (χ1n) is 14.0. The molecule has 0 amide bonds. The number of hydrogen-bond acceptors (Lipinski definition) is 6. The van der Waals surface area contributed by atoms with Gasteiger partial charge in [0.2, 0.25) is 0 Å². The minimum atomic E-state index is -0.561. The normalized spacial score (nSPS) is 13.2. The number of nitrogens with two attached hydrogens (primary N) is 1. The predicted molar refractivity (Wildman–Crippen MR) is 150 cm³/mol. The number of carbonyl (C=O) groups excluding carboxylic acids is 3. The number of carbonyl (C=O) groups is 3. The summed E-state index contributed by atoms with van der Waals surface area (Å²) >= 11 is 0. The molecule has 0 saturated heterocycles. The molecule has 1 unspecified atom stereocenters. The Morgan fingerprint density at radius 2 is 1.51 bits per heavy atom. The maximum Gasteiger partial charge on any atom is 0.340 e. The number of esters is 1. The van der Waals surface area contributed by atoms with E-state index in [0.29, 0.717) is 35.9 Å². The SMILES string of the molecule is CCCCCCCCOC(=O)c1cc(NCC(CC)CCCC)c2c(c1N)C(=O)c1ccccc1C2=O. The first-order valence-corrected chi connectivity index (χ1v) is 14.0. The molecule has 0 aliphatic heterocycles. The van der Waals surface area contributed by atoms with E-state index in [4.69, 9.17) is 10.5 Å². The summed E-state index contributed by atoms with van der Waals surface area (Å²) in [6.45, 7) is 7.44. The number of fused-ring (bicyclic) bond motifs is 2. The molecule has 0 saturated carbocycles. The van der Waals surface area contributed by atoms with E-state index < -0.39 is 5.97 Å². The molecule has 0 bridgehead atoms. The second-order valence-corrected chi connectivity index (χ2v) is 10.0. The summed E-state index contributed by atoms with van der Waals surface area (Å²) in [5, 5.41) is 3.40. The Morgan fingerprint density at radius 3 is 2.16 bits per heavy atom. The topological polar surface area (TPSA) is 98.5 Å². The van der Waals surface area contributed by atoms with Crippen molar-refractivity contribution in [3.63, 3.8) is 0 Å². The summed E-state index contributed by atoms with van der Waals surface area (Å²) < 4.78 is 5.55. The summed E-state index contributed by atoms with van der Waals surface area (Å²) in [6, 6.07) is 8.37. The summed E-state index contributed by atoms with van der Waals surface area (Å²) in [5.74, 6) is -0.741. The van der Waals surface area contributed by atoms with Crippen molar-refractivity contribution >= 4 is 28.9 Å². The van der Waals surface area contributed by atoms with Crippen LogP contribution in [0, 0.1) is 5.92 Å². The van der Waals surface area contributed by atoms with Gasteiger partial charge in [0, 0.05) is 23.4 Å². The highest BCUT2D eigenvalue weighted by Gasteiger charge is 2.35. The number of benzene rings is 2. The number of nitrogens with one attached hydrogen (secondary N) is 1. The van der Waals surface area contributed by atoms with Gasteiger partial charge in [-0.1, -0.05) is 96.4 Å². The quantitative estimate of drug-likeness (QED) is 0.129. The van der Waals surface area contributed by atoms with E-state index in [9.17, 15) is 14.4 Å². The highest BCUT2D eigenvalue weighted by Crippen LogP contribution is 2.38. The van der Waals surface area contributed by atoms with E-state index in [1.165, 1.54) is 19.3 Å². The molecule has 2 aromatic carbocycles. The zero-order chi connectivity index (χ0) is 26.8. The molecule has 37 heavy (non-hydrogen) atoms. The van der Waals surface area contributed by atoms with Crippen molar-refractivity contribution in [2.24, 2.45) is 5.92 Å². The monoisotopic (exact) mass is 506 g/mol. The van der Waals surface area contributed by atoms with Crippen molar-refractivity contribution in [1.82, 2.24) is 0 Å². The molecule has 3 N–H and O–H groups in total. The lowest BCUT2D eigenvalue weighted by molar-refractivity contribution is 0.0498. The zero-order valence-corrected chi connectivity index (χ0v) is 22.7. The lowest BCUT2D eigenvalue weighted by Gasteiger charge is -2.25. The van der Waals surface area contributed by atoms with Gasteiger partial charge in [-0.25, -0.2) is 4.79 Å². The van der Waals surface area contributed by atoms with Gasteiger partial charge >= 0.3 is 5.97 Å². The van der Waals surface area contributed by atoms with E-state index in [-0.39, 0.29) is 33.9 Å². The summed E-state index contributed by atoms with van der Waals surface area (Å²) in [4.78, 5) is 40.1. The van der Waals surface area contributed by atoms with Crippen LogP contribution in [0.25, 0.3) is 0 Å². The van der Waals surface area contributed by atoms with Crippen LogP contribution in [0.5, 0.6) is 0 Å². The molecule has 1 aliphatic carbocycles. The van der Waals surface area contributed by atoms with Crippen LogP contribution in [0.4, 0.5) is 11.4 Å². The van der Waals surface area contributed by atoms with Crippen molar-refractivity contribution in [2.75, 3.05) is 24.2 Å². The Labute approximate surface area is 221 Å². The lowest BCUT2D eigenvalue weighted by atomic mass is 9.81. The first-order chi connectivity index (χ1) is 17.9. The molecule has 0 heterocycles. The molecule has 200 valence electrons. The number of unbranched alkanes of at least 4 members (excludes halogenated alkanes) is 6. The van der Waals surface area contributed by atoms with Crippen LogP contribution in [0.2, 0.25) is 0 Å². The second-order valence-electron chi connectivity index (χ2n) is 10.0. The van der Waals surface area contributed by atoms with Gasteiger partial charge in [0.1, 0.15) is 0 Å². The Balaban J connectivity index is 1.90. The van der Waals surface area contributed by atoms with Crippen LogP contribution in [-0.2, 0) is 4.74 Å². The van der Waals surface area contributed by atoms with Crippen molar-refractivity contribution in [3.8, 4) is 0 Å². The Bertz CT molecular complexity index is 1110. The number of ketones is 2. The molecule has 3 rings (SSSR count). The number of rotatable bonds is 15. The molecule has 0 fully saturated rings. The van der Waals surface area contributed by atoms with Crippen LogP contribution >= 0.6 is 0 Å². The van der Waals surface area contributed by atoms with E-state index in [0.717, 1.165) is 44.9 Å². The zero-order valence-electron chi connectivity index (χ0n) is 22.7. The molecule has 0 spiro atoms. The van der Waals surface area contributed by atoms with Crippen molar-refractivity contribution in [2.45, 2.75) is 85.0 Å². The number of nitrogen functional groups attached to an aromatic ring is 1. The lowest BCUT2D eigenvalue weighted by Crippen LogP contribution is -2.26. The highest BCUT2D eigenvalue weighted by atomic mass is 16.5. The smallest absolute Gasteiger partial charge is 0.340 e. The fourth-order valence-electron chi connectivity index (χ4n) is 4.95. The minimum Gasteiger partial charge on any atom is -0.462 e. The van der Waals surface area contributed by atoms with Crippen LogP contribution in [0.1, 0.15) is 127 Å². The molecule has 0 radical (unpaired) electrons. The van der Waals surface area contributed by atoms with Gasteiger partial charge in [0.25, 0.3) is 0 Å². The highest BCUT2D eigenvalue weighted by molar-refractivity contribution is 6.32. The van der Waals surface area contributed by atoms with Gasteiger partial charge in [0.05, 0.1) is 29.0 Å². The largest absolute Gasteiger partial charge is 0.462 e. The molecule has 1 atom stereocenters. The molecular formula is C31H42N2O4. The Hall–Kier alpha value is -3.15. The maximum absolute atomic E-state index is 13.5. The van der Waals surface area contributed by atoms with Crippen molar-refractivity contribution in [1.29, 1.82) is 0 Å². The van der Waals surface area contributed by atoms with Crippen LogP contribution in [0.3, 0.4) is 0 Å². The average Bonchev–Trinajstić information content (AvgIpc) is 2.91. The van der Waals surface area contributed by atoms with Gasteiger partial charge in [-0.3, -0.25) is 9.59 Å². The standard InChI is InChI=1S/C31H42N2O4/c1-4-7-9-10-11-14-18-37-31(36)24-19-25(33-20-21(6-3)15-8-5-2)26-27(28(24)32)30(35)23-17-13-12-16-22(23)29(26)34/h12-13,16-17,19,21,33H,4-11,14-15,18,20,32H2,1-3H3. The molecule has 2 aromatic rings. The third-order valence-electron chi connectivity index (χ3n) is 7.31. The van der Waals surface area contributed by atoms with Gasteiger partial charge in [-0.15, -0.1) is 0 Å². The fourth-order valence-corrected chi connectivity index (χ4v) is 4.95. The summed E-state index contributed by atoms with van der Waals surface area (Å²) in [5.41, 5.74) is 8.05. The van der Waals surface area contributed by atoms with E-state index in [1.54, 1.807) is 30.3 Å². The Morgan fingerprint density at radius 1 is 0.892 bits per heavy atom. The second kappa shape index (κ2) is 14.0. The maximum atomic E-state index is 13.5. The fraction of sp³-hybridized carbons (Fsp3) is 0.516. The molecule has 1 aliphatic rings. The van der Waals surface area contributed by atoms with Gasteiger partial charge in [-0.05, 0) is 24.8 Å². The first kappa shape index (κ1) is 28.4. The van der Waals surface area contributed by atoms with E-state index in [2.05, 4.69) is 26.1 Å².